The lowest BCUT2D eigenvalue weighted by molar-refractivity contribution is 0.0693. The minimum Gasteiger partial charge on any atom is -0.496 e. The molecule has 2 N–H and O–H groups in total. The highest BCUT2D eigenvalue weighted by atomic mass is 32.2. The van der Waals surface area contributed by atoms with E-state index in [9.17, 15) is 13.2 Å². The molecule has 6 nitrogen and oxygen atoms in total. The normalized spacial score (nSPS) is 10.9. The van der Waals surface area contributed by atoms with E-state index in [0.29, 0.717) is 0 Å². The van der Waals surface area contributed by atoms with Gasteiger partial charge in [0.05, 0.1) is 18.6 Å². The molecule has 0 aliphatic rings. The molecule has 0 saturated heterocycles. The monoisotopic (exact) mass is 259 g/mol. The van der Waals surface area contributed by atoms with Gasteiger partial charge in [-0.2, -0.15) is 0 Å². The van der Waals surface area contributed by atoms with Crippen molar-refractivity contribution < 1.29 is 23.1 Å². The Kier molecular flexibility index (Phi) is 3.95. The quantitative estimate of drug-likeness (QED) is 0.827. The van der Waals surface area contributed by atoms with Crippen molar-refractivity contribution in [3.05, 3.63) is 23.8 Å². The van der Waals surface area contributed by atoms with Crippen molar-refractivity contribution in [2.24, 2.45) is 0 Å². The summed E-state index contributed by atoms with van der Waals surface area (Å²) in [5.41, 5.74) is 0.251. The number of hydrogen-bond donors (Lipinski definition) is 2. The first kappa shape index (κ1) is 13.3. The summed E-state index contributed by atoms with van der Waals surface area (Å²) >= 11 is 0. The number of carbonyl (C=O) groups is 1. The van der Waals surface area contributed by atoms with E-state index in [0.717, 1.165) is 0 Å². The van der Waals surface area contributed by atoms with Crippen molar-refractivity contribution in [3.63, 3.8) is 0 Å². The van der Waals surface area contributed by atoms with Gasteiger partial charge in [-0.25, -0.2) is 13.2 Å². The third kappa shape index (κ3) is 3.35. The number of anilines is 1. The molecule has 17 heavy (non-hydrogen) atoms. The van der Waals surface area contributed by atoms with Crippen LogP contribution in [-0.4, -0.2) is 32.4 Å². The summed E-state index contributed by atoms with van der Waals surface area (Å²) in [7, 11) is -2.06. The number of aromatic carboxylic acids is 1. The van der Waals surface area contributed by atoms with Crippen molar-refractivity contribution in [1.29, 1.82) is 0 Å². The molecule has 94 valence electrons. The van der Waals surface area contributed by atoms with Crippen LogP contribution < -0.4 is 9.46 Å². The Morgan fingerprint density at radius 2 is 2.12 bits per heavy atom. The lowest BCUT2D eigenvalue weighted by Gasteiger charge is -2.09. The number of nitrogens with one attached hydrogen (secondary N) is 1. The molecule has 7 heteroatoms. The van der Waals surface area contributed by atoms with Crippen LogP contribution in [0.4, 0.5) is 5.69 Å². The molecular formula is C10H13NO5S. The smallest absolute Gasteiger partial charge is 0.339 e. The molecule has 0 aliphatic carbocycles. The molecule has 0 fully saturated rings. The van der Waals surface area contributed by atoms with Gasteiger partial charge in [-0.15, -0.1) is 0 Å². The molecule has 1 aromatic carbocycles. The molecule has 0 aliphatic heterocycles. The van der Waals surface area contributed by atoms with Crippen LogP contribution >= 0.6 is 0 Å². The van der Waals surface area contributed by atoms with Gasteiger partial charge in [0.2, 0.25) is 10.0 Å². The Balaban J connectivity index is 3.10. The van der Waals surface area contributed by atoms with Crippen molar-refractivity contribution >= 4 is 21.7 Å². The highest BCUT2D eigenvalue weighted by Crippen LogP contribution is 2.23. The van der Waals surface area contributed by atoms with Gasteiger partial charge < -0.3 is 9.84 Å². The highest BCUT2D eigenvalue weighted by molar-refractivity contribution is 7.92. The van der Waals surface area contributed by atoms with E-state index in [4.69, 9.17) is 9.84 Å². The van der Waals surface area contributed by atoms with Gasteiger partial charge in [0, 0.05) is 6.07 Å². The van der Waals surface area contributed by atoms with E-state index >= 15 is 0 Å². The fourth-order valence-electron chi connectivity index (χ4n) is 1.18. The Hall–Kier alpha value is -1.76. The van der Waals surface area contributed by atoms with E-state index in [1.807, 2.05) is 0 Å². The summed E-state index contributed by atoms with van der Waals surface area (Å²) in [6, 6.07) is 3.99. The number of hydrogen-bond acceptors (Lipinski definition) is 4. The van der Waals surface area contributed by atoms with Gasteiger partial charge in [-0.1, -0.05) is 0 Å². The molecule has 0 spiro atoms. The number of rotatable bonds is 5. The van der Waals surface area contributed by atoms with Crippen molar-refractivity contribution in [2.75, 3.05) is 17.6 Å². The zero-order valence-electron chi connectivity index (χ0n) is 9.43. The zero-order valence-corrected chi connectivity index (χ0v) is 10.2. The van der Waals surface area contributed by atoms with E-state index < -0.39 is 16.0 Å². The molecule has 0 aromatic heterocycles. The van der Waals surface area contributed by atoms with E-state index in [2.05, 4.69) is 4.72 Å². The average molecular weight is 259 g/mol. The molecule has 0 saturated carbocycles. The van der Waals surface area contributed by atoms with Crippen LogP contribution in [0.2, 0.25) is 0 Å². The number of carboxylic acids is 1. The Morgan fingerprint density at radius 1 is 1.47 bits per heavy atom. The fraction of sp³-hybridized carbons (Fsp3) is 0.300. The van der Waals surface area contributed by atoms with Gasteiger partial charge >= 0.3 is 5.97 Å². The maximum atomic E-state index is 11.3. The Morgan fingerprint density at radius 3 is 2.59 bits per heavy atom. The van der Waals surface area contributed by atoms with Crippen LogP contribution in [0.3, 0.4) is 0 Å². The van der Waals surface area contributed by atoms with Crippen LogP contribution in [0.25, 0.3) is 0 Å². The Labute approximate surface area is 99.3 Å². The molecule has 0 radical (unpaired) electrons. The Bertz CT molecular complexity index is 523. The molecule has 0 unspecified atom stereocenters. The molecule has 0 bridgehead atoms. The second-order valence-corrected chi connectivity index (χ2v) is 5.24. The minimum absolute atomic E-state index is 0.0213. The van der Waals surface area contributed by atoms with Gasteiger partial charge in [0.15, 0.2) is 0 Å². The summed E-state index contributed by atoms with van der Waals surface area (Å²) in [5.74, 6) is -1.09. The van der Waals surface area contributed by atoms with E-state index in [-0.39, 0.29) is 22.8 Å². The highest BCUT2D eigenvalue weighted by Gasteiger charge is 2.13. The van der Waals surface area contributed by atoms with Crippen LogP contribution in [0.15, 0.2) is 18.2 Å². The topological polar surface area (TPSA) is 92.7 Å². The summed E-state index contributed by atoms with van der Waals surface area (Å²) in [6.07, 6.45) is 0. The van der Waals surface area contributed by atoms with Crippen LogP contribution in [0.5, 0.6) is 5.75 Å². The molecule has 1 aromatic rings. The maximum absolute atomic E-state index is 11.3. The van der Waals surface area contributed by atoms with Gasteiger partial charge in [-0.05, 0) is 19.1 Å². The number of ether oxygens (including phenoxy) is 1. The maximum Gasteiger partial charge on any atom is 0.339 e. The third-order valence-electron chi connectivity index (χ3n) is 2.09. The van der Waals surface area contributed by atoms with Crippen molar-refractivity contribution in [3.8, 4) is 5.75 Å². The summed E-state index contributed by atoms with van der Waals surface area (Å²) < 4.78 is 29.8. The minimum atomic E-state index is -3.38. The lowest BCUT2D eigenvalue weighted by Crippen LogP contribution is -2.14. The summed E-state index contributed by atoms with van der Waals surface area (Å²) in [4.78, 5) is 10.8. The molecular weight excluding hydrogens is 246 g/mol. The first-order valence-electron chi connectivity index (χ1n) is 4.81. The number of benzene rings is 1. The SMILES string of the molecule is CCS(=O)(=O)Nc1ccc(C(=O)O)c(OC)c1. The van der Waals surface area contributed by atoms with E-state index in [1.165, 1.54) is 32.2 Å². The van der Waals surface area contributed by atoms with Gasteiger partial charge in [0.25, 0.3) is 0 Å². The number of carboxylic acid groups (broad SMARTS) is 1. The third-order valence-corrected chi connectivity index (χ3v) is 3.39. The molecule has 0 amide bonds. The van der Waals surface area contributed by atoms with Crippen molar-refractivity contribution in [1.82, 2.24) is 0 Å². The first-order valence-corrected chi connectivity index (χ1v) is 6.46. The van der Waals surface area contributed by atoms with Crippen LogP contribution in [0, 0.1) is 0 Å². The molecule has 1 rings (SSSR count). The standard InChI is InChI=1S/C10H13NO5S/c1-3-17(14,15)11-7-4-5-8(10(12)13)9(6-7)16-2/h4-6,11H,3H2,1-2H3,(H,12,13). The number of sulfonamides is 1. The second kappa shape index (κ2) is 5.05. The van der Waals surface area contributed by atoms with Crippen LogP contribution in [0.1, 0.15) is 17.3 Å². The zero-order chi connectivity index (χ0) is 13.1. The fourth-order valence-corrected chi connectivity index (χ4v) is 1.81. The predicted molar refractivity (Wildman–Crippen MR) is 63.0 cm³/mol. The predicted octanol–water partition coefficient (Wildman–Crippen LogP) is 1.16. The second-order valence-electron chi connectivity index (χ2n) is 3.23. The van der Waals surface area contributed by atoms with Crippen molar-refractivity contribution in [2.45, 2.75) is 6.92 Å². The molecule has 0 heterocycles. The van der Waals surface area contributed by atoms with E-state index in [1.54, 1.807) is 0 Å². The van der Waals surface area contributed by atoms with Crippen LogP contribution in [-0.2, 0) is 10.0 Å². The lowest BCUT2D eigenvalue weighted by atomic mass is 10.2. The summed E-state index contributed by atoms with van der Waals surface area (Å²) in [5, 5.41) is 8.85. The summed E-state index contributed by atoms with van der Waals surface area (Å²) in [6.45, 7) is 1.51. The number of methoxy groups -OCH3 is 1. The van der Waals surface area contributed by atoms with Gasteiger partial charge in [0.1, 0.15) is 11.3 Å². The largest absolute Gasteiger partial charge is 0.496 e. The first-order chi connectivity index (χ1) is 7.89. The average Bonchev–Trinajstić information content (AvgIpc) is 2.28. The van der Waals surface area contributed by atoms with Gasteiger partial charge in [-0.3, -0.25) is 4.72 Å². The molecule has 0 atom stereocenters.